The smallest absolute Gasteiger partial charge is 0.348 e. The molecule has 1 aliphatic rings. The molecule has 0 radical (unpaired) electrons. The Morgan fingerprint density at radius 3 is 2.64 bits per heavy atom. The molecule has 0 aliphatic carbocycles. The van der Waals surface area contributed by atoms with E-state index in [1.807, 2.05) is 51.1 Å². The molecule has 0 aromatic heterocycles. The molecular weight excluding hydrogens is 318 g/mol. The van der Waals surface area contributed by atoms with E-state index in [1.54, 1.807) is 0 Å². The van der Waals surface area contributed by atoms with Crippen LogP contribution in [0.4, 0.5) is 0 Å². The van der Waals surface area contributed by atoms with E-state index in [4.69, 9.17) is 9.47 Å². The van der Waals surface area contributed by atoms with Gasteiger partial charge in [-0.2, -0.15) is 0 Å². The molecule has 1 aromatic carbocycles. The summed E-state index contributed by atoms with van der Waals surface area (Å²) in [7, 11) is 0. The van der Waals surface area contributed by atoms with E-state index in [2.05, 4.69) is 11.9 Å². The fourth-order valence-corrected chi connectivity index (χ4v) is 2.79. The normalized spacial score (nSPS) is 20.0. The lowest BCUT2D eigenvalue weighted by molar-refractivity contribution is -0.164. The quantitative estimate of drug-likeness (QED) is 0.580. The fourth-order valence-electron chi connectivity index (χ4n) is 2.79. The average molecular weight is 345 g/mol. The van der Waals surface area contributed by atoms with Gasteiger partial charge in [0.15, 0.2) is 0 Å². The number of benzene rings is 1. The van der Waals surface area contributed by atoms with Crippen molar-refractivity contribution >= 4 is 11.9 Å². The van der Waals surface area contributed by atoms with Crippen molar-refractivity contribution in [3.8, 4) is 0 Å². The van der Waals surface area contributed by atoms with Crippen molar-refractivity contribution in [1.82, 2.24) is 5.32 Å². The van der Waals surface area contributed by atoms with E-state index in [-0.39, 0.29) is 6.61 Å². The first kappa shape index (κ1) is 19.2. The first-order valence-corrected chi connectivity index (χ1v) is 8.67. The minimum Gasteiger partial charge on any atom is -0.462 e. The predicted octanol–water partition coefficient (Wildman–Crippen LogP) is 3.00. The summed E-state index contributed by atoms with van der Waals surface area (Å²) in [5.74, 6) is -0.965. The van der Waals surface area contributed by atoms with Gasteiger partial charge in [0, 0.05) is 12.0 Å². The lowest BCUT2D eigenvalue weighted by Crippen LogP contribution is -2.44. The molecule has 0 spiro atoms. The van der Waals surface area contributed by atoms with E-state index in [9.17, 15) is 9.59 Å². The number of hydrogen-bond donors (Lipinski definition) is 1. The minimum absolute atomic E-state index is 0.252. The third kappa shape index (κ3) is 4.92. The number of rotatable bonds is 8. The van der Waals surface area contributed by atoms with Crippen molar-refractivity contribution in [3.63, 3.8) is 0 Å². The maximum Gasteiger partial charge on any atom is 0.348 e. The summed E-state index contributed by atoms with van der Waals surface area (Å²) in [6.07, 6.45) is 0.711. The Hall–Kier alpha value is -2.14. The van der Waals surface area contributed by atoms with Crippen molar-refractivity contribution in [1.29, 1.82) is 0 Å². The molecular formula is C20H27NO4. The largest absolute Gasteiger partial charge is 0.462 e. The van der Waals surface area contributed by atoms with Crippen LogP contribution in [0.3, 0.4) is 0 Å². The van der Waals surface area contributed by atoms with Crippen molar-refractivity contribution in [2.75, 3.05) is 6.61 Å². The molecule has 0 bridgehead atoms. The van der Waals surface area contributed by atoms with Gasteiger partial charge in [0.1, 0.15) is 12.6 Å². The van der Waals surface area contributed by atoms with Crippen LogP contribution in [0, 0.1) is 5.41 Å². The Balaban J connectivity index is 2.07. The number of carbonyl (C=O) groups excluding carboxylic acids is 2. The SMILES string of the molecule is C=C(CCC)[C@H](NCc1ccccc1)C(=O)O[C@H]1C(=O)OCC1(C)C. The zero-order valence-electron chi connectivity index (χ0n) is 15.2. The number of ether oxygens (including phenoxy) is 2. The third-order valence-corrected chi connectivity index (χ3v) is 4.31. The van der Waals surface area contributed by atoms with Crippen molar-refractivity contribution in [2.45, 2.75) is 52.3 Å². The van der Waals surface area contributed by atoms with E-state index >= 15 is 0 Å². The second kappa shape index (κ2) is 8.30. The summed E-state index contributed by atoms with van der Waals surface area (Å²) in [6.45, 7) is 10.5. The van der Waals surface area contributed by atoms with Crippen molar-refractivity contribution in [2.24, 2.45) is 5.41 Å². The van der Waals surface area contributed by atoms with Gasteiger partial charge in [-0.3, -0.25) is 5.32 Å². The van der Waals surface area contributed by atoms with E-state index in [0.29, 0.717) is 13.0 Å². The molecule has 136 valence electrons. The Labute approximate surface area is 149 Å². The van der Waals surface area contributed by atoms with Gasteiger partial charge < -0.3 is 9.47 Å². The Morgan fingerprint density at radius 2 is 2.08 bits per heavy atom. The average Bonchev–Trinajstić information content (AvgIpc) is 2.83. The highest BCUT2D eigenvalue weighted by molar-refractivity contribution is 5.85. The maximum atomic E-state index is 12.7. The summed E-state index contributed by atoms with van der Waals surface area (Å²) in [6, 6.07) is 9.15. The lowest BCUT2D eigenvalue weighted by atomic mass is 9.89. The molecule has 2 atom stereocenters. The van der Waals surface area contributed by atoms with Gasteiger partial charge in [-0.1, -0.05) is 64.1 Å². The van der Waals surface area contributed by atoms with Crippen LogP contribution >= 0.6 is 0 Å². The lowest BCUT2D eigenvalue weighted by Gasteiger charge is -2.25. The van der Waals surface area contributed by atoms with Crippen LogP contribution in [0.5, 0.6) is 0 Å². The molecule has 5 nitrogen and oxygen atoms in total. The molecule has 0 saturated carbocycles. The maximum absolute atomic E-state index is 12.7. The van der Waals surface area contributed by atoms with Gasteiger partial charge in [0.2, 0.25) is 6.10 Å². The van der Waals surface area contributed by atoms with Gasteiger partial charge in [-0.15, -0.1) is 0 Å². The Kier molecular flexibility index (Phi) is 6.37. The highest BCUT2D eigenvalue weighted by Crippen LogP contribution is 2.31. The monoisotopic (exact) mass is 345 g/mol. The molecule has 1 N–H and O–H groups in total. The van der Waals surface area contributed by atoms with Crippen molar-refractivity contribution in [3.05, 3.63) is 48.0 Å². The minimum atomic E-state index is -0.879. The Morgan fingerprint density at radius 1 is 1.40 bits per heavy atom. The van der Waals surface area contributed by atoms with Gasteiger partial charge in [-0.25, -0.2) is 9.59 Å². The molecule has 1 aromatic rings. The highest BCUT2D eigenvalue weighted by Gasteiger charge is 2.47. The van der Waals surface area contributed by atoms with Crippen LogP contribution in [0.1, 0.15) is 39.2 Å². The molecule has 0 amide bonds. The van der Waals surface area contributed by atoms with Crippen LogP contribution in [0.15, 0.2) is 42.5 Å². The molecule has 0 unspecified atom stereocenters. The molecule has 25 heavy (non-hydrogen) atoms. The Bertz CT molecular complexity index is 624. The van der Waals surface area contributed by atoms with Crippen LogP contribution < -0.4 is 5.32 Å². The zero-order chi connectivity index (χ0) is 18.4. The molecule has 1 aliphatic heterocycles. The molecule has 2 rings (SSSR count). The number of esters is 2. The van der Waals surface area contributed by atoms with Crippen LogP contribution in [0.25, 0.3) is 0 Å². The fraction of sp³-hybridized carbons (Fsp3) is 0.500. The second-order valence-electron chi connectivity index (χ2n) is 7.12. The zero-order valence-corrected chi connectivity index (χ0v) is 15.2. The number of cyclic esters (lactones) is 1. The molecule has 1 fully saturated rings. The van der Waals surface area contributed by atoms with Gasteiger partial charge >= 0.3 is 11.9 Å². The number of nitrogens with one attached hydrogen (secondary N) is 1. The second-order valence-corrected chi connectivity index (χ2v) is 7.12. The molecule has 5 heteroatoms. The van der Waals surface area contributed by atoms with E-state index < -0.39 is 29.5 Å². The first-order chi connectivity index (χ1) is 11.8. The molecule has 1 saturated heterocycles. The number of hydrogen-bond acceptors (Lipinski definition) is 5. The molecule has 1 heterocycles. The summed E-state index contributed by atoms with van der Waals surface area (Å²) >= 11 is 0. The predicted molar refractivity (Wildman–Crippen MR) is 95.7 cm³/mol. The van der Waals surface area contributed by atoms with Gasteiger partial charge in [-0.05, 0) is 17.6 Å². The summed E-state index contributed by atoms with van der Waals surface area (Å²) < 4.78 is 10.6. The van der Waals surface area contributed by atoms with E-state index in [1.165, 1.54) is 0 Å². The van der Waals surface area contributed by atoms with Crippen molar-refractivity contribution < 1.29 is 19.1 Å². The highest BCUT2D eigenvalue weighted by atomic mass is 16.6. The summed E-state index contributed by atoms with van der Waals surface area (Å²) in [5.41, 5.74) is 1.29. The van der Waals surface area contributed by atoms with Crippen LogP contribution in [-0.2, 0) is 25.6 Å². The first-order valence-electron chi connectivity index (χ1n) is 8.67. The van der Waals surface area contributed by atoms with Gasteiger partial charge in [0.05, 0.1) is 0 Å². The topological polar surface area (TPSA) is 64.6 Å². The number of carbonyl (C=O) groups is 2. The summed E-state index contributed by atoms with van der Waals surface area (Å²) in [4.78, 5) is 24.6. The third-order valence-electron chi connectivity index (χ3n) is 4.31. The van der Waals surface area contributed by atoms with Crippen LogP contribution in [0.2, 0.25) is 0 Å². The standard InChI is InChI=1S/C20H27NO4/c1-5-9-14(2)16(21-12-15-10-7-6-8-11-15)18(22)25-17-19(23)24-13-20(17,3)4/h6-8,10-11,16-17,21H,2,5,9,12-13H2,1,3-4H3/t16-,17-/m0/s1. The van der Waals surface area contributed by atoms with Crippen LogP contribution in [-0.4, -0.2) is 30.7 Å². The summed E-state index contributed by atoms with van der Waals surface area (Å²) in [5, 5.41) is 3.21. The van der Waals surface area contributed by atoms with E-state index in [0.717, 1.165) is 17.6 Å². The van der Waals surface area contributed by atoms with Gasteiger partial charge in [0.25, 0.3) is 0 Å².